The molecule has 4 aromatic rings. The van der Waals surface area contributed by atoms with Gasteiger partial charge in [-0.15, -0.1) is 0 Å². The van der Waals surface area contributed by atoms with E-state index in [1.54, 1.807) is 0 Å². The normalized spacial score (nSPS) is 11.1. The van der Waals surface area contributed by atoms with Gasteiger partial charge in [0.15, 0.2) is 13.6 Å². The maximum absolute atomic E-state index is 6.10. The van der Waals surface area contributed by atoms with Gasteiger partial charge in [-0.25, -0.2) is 0 Å². The van der Waals surface area contributed by atoms with Crippen LogP contribution in [0.15, 0.2) is 109 Å². The second-order valence-corrected chi connectivity index (χ2v) is 10.7. The predicted octanol–water partition coefficient (Wildman–Crippen LogP) is 5.70. The number of hydrogen-bond donors (Lipinski definition) is 0. The Balaban J connectivity index is 1.44. The zero-order chi connectivity index (χ0) is 25.0. The summed E-state index contributed by atoms with van der Waals surface area (Å²) in [7, 11) is 3.25. The Morgan fingerprint density at radius 3 is 1.33 bits per heavy atom. The predicted molar refractivity (Wildman–Crippen MR) is 146 cm³/mol. The smallest absolute Gasteiger partial charge is 0.189 e. The molecule has 4 aromatic carbocycles. The number of ether oxygens (including phenoxy) is 4. The number of rotatable bonds is 13. The summed E-state index contributed by atoms with van der Waals surface area (Å²) >= 11 is 0. The Kier molecular flexibility index (Phi) is 9.89. The van der Waals surface area contributed by atoms with Gasteiger partial charge < -0.3 is 18.9 Å². The first-order valence-electron chi connectivity index (χ1n) is 11.9. The van der Waals surface area contributed by atoms with E-state index in [0.717, 1.165) is 33.2 Å². The summed E-state index contributed by atoms with van der Waals surface area (Å²) < 4.78 is 26.0. The van der Waals surface area contributed by atoms with Crippen LogP contribution in [0.5, 0.6) is 11.5 Å². The molecular formula is C30H32NO4P. The highest BCUT2D eigenvalue weighted by Crippen LogP contribution is 2.41. The molecule has 5 nitrogen and oxygen atoms in total. The third kappa shape index (κ3) is 7.39. The van der Waals surface area contributed by atoms with Gasteiger partial charge in [-0.2, -0.15) is 0 Å². The van der Waals surface area contributed by atoms with Gasteiger partial charge in [0.1, 0.15) is 11.5 Å². The molecular weight excluding hydrogens is 469 g/mol. The second kappa shape index (κ2) is 13.8. The Morgan fingerprint density at radius 2 is 0.917 bits per heavy atom. The van der Waals surface area contributed by atoms with Crippen molar-refractivity contribution in [1.29, 1.82) is 0 Å². The van der Waals surface area contributed by atoms with E-state index in [-0.39, 0.29) is 13.6 Å². The van der Waals surface area contributed by atoms with E-state index in [0.29, 0.717) is 13.2 Å². The molecule has 0 bridgehead atoms. The topological polar surface area (TPSA) is 40.2 Å². The average molecular weight is 502 g/mol. The maximum atomic E-state index is 6.10. The maximum Gasteiger partial charge on any atom is 0.189 e. The van der Waals surface area contributed by atoms with Gasteiger partial charge in [0.25, 0.3) is 0 Å². The minimum atomic E-state index is -0.909. The zero-order valence-electron chi connectivity index (χ0n) is 20.7. The summed E-state index contributed by atoms with van der Waals surface area (Å²) in [6.45, 7) is 1.36. The van der Waals surface area contributed by atoms with Crippen molar-refractivity contribution in [3.8, 4) is 11.5 Å². The monoisotopic (exact) mass is 501 g/mol. The molecule has 0 heterocycles. The number of benzene rings is 4. The zero-order valence-corrected chi connectivity index (χ0v) is 21.6. The molecule has 6 heteroatoms. The summed E-state index contributed by atoms with van der Waals surface area (Å²) in [4.78, 5) is 0. The van der Waals surface area contributed by atoms with Crippen molar-refractivity contribution in [1.82, 2.24) is 4.67 Å². The lowest BCUT2D eigenvalue weighted by molar-refractivity contribution is 0.00562. The molecule has 0 fully saturated rings. The molecule has 0 saturated carbocycles. The van der Waals surface area contributed by atoms with Crippen LogP contribution in [-0.2, 0) is 22.7 Å². The molecule has 0 amide bonds. The van der Waals surface area contributed by atoms with Crippen LogP contribution >= 0.6 is 8.07 Å². The third-order valence-corrected chi connectivity index (χ3v) is 7.86. The minimum Gasteiger partial charge on any atom is -0.467 e. The molecule has 0 aliphatic rings. The van der Waals surface area contributed by atoms with Crippen molar-refractivity contribution in [3.63, 3.8) is 0 Å². The van der Waals surface area contributed by atoms with Crippen molar-refractivity contribution >= 4 is 18.7 Å². The van der Waals surface area contributed by atoms with Crippen molar-refractivity contribution in [2.45, 2.75) is 13.2 Å². The Morgan fingerprint density at radius 1 is 0.528 bits per heavy atom. The molecule has 0 unspecified atom stereocenters. The van der Waals surface area contributed by atoms with Crippen LogP contribution in [0.1, 0.15) is 11.1 Å². The van der Waals surface area contributed by atoms with Crippen LogP contribution in [0.3, 0.4) is 0 Å². The molecule has 4 rings (SSSR count). The lowest BCUT2D eigenvalue weighted by Gasteiger charge is -2.28. The SMILES string of the molecule is CN(C)P(c1ccccc1OCOCc1ccccc1)c1ccccc1OCOCc1ccccc1. The van der Waals surface area contributed by atoms with Crippen LogP contribution in [0.2, 0.25) is 0 Å². The van der Waals surface area contributed by atoms with Gasteiger partial charge in [-0.05, 0) is 49.5 Å². The van der Waals surface area contributed by atoms with Gasteiger partial charge in [0.05, 0.1) is 13.2 Å². The highest BCUT2D eigenvalue weighted by molar-refractivity contribution is 7.71. The number of nitrogens with zero attached hydrogens (tertiary/aromatic N) is 1. The van der Waals surface area contributed by atoms with Crippen LogP contribution in [0, 0.1) is 0 Å². The lowest BCUT2D eigenvalue weighted by Crippen LogP contribution is -2.26. The molecule has 0 aromatic heterocycles. The summed E-state index contributed by atoms with van der Waals surface area (Å²) in [6.07, 6.45) is 0. The first-order valence-corrected chi connectivity index (χ1v) is 13.2. The van der Waals surface area contributed by atoms with E-state index in [2.05, 4.69) is 30.9 Å². The highest BCUT2D eigenvalue weighted by atomic mass is 31.1. The van der Waals surface area contributed by atoms with E-state index in [4.69, 9.17) is 18.9 Å². The van der Waals surface area contributed by atoms with Gasteiger partial charge in [-0.1, -0.05) is 84.9 Å². The van der Waals surface area contributed by atoms with E-state index >= 15 is 0 Å². The molecule has 0 aliphatic heterocycles. The Bertz CT molecular complexity index is 1100. The van der Waals surface area contributed by atoms with Crippen molar-refractivity contribution in [2.24, 2.45) is 0 Å². The third-order valence-electron chi connectivity index (χ3n) is 5.41. The fourth-order valence-electron chi connectivity index (χ4n) is 3.75. The lowest BCUT2D eigenvalue weighted by atomic mass is 10.2. The van der Waals surface area contributed by atoms with Gasteiger partial charge >= 0.3 is 0 Å². The highest BCUT2D eigenvalue weighted by Gasteiger charge is 2.24. The molecule has 0 atom stereocenters. The minimum absolute atomic E-state index is 0.175. The summed E-state index contributed by atoms with van der Waals surface area (Å²) in [5.74, 6) is 1.61. The fraction of sp³-hybridized carbons (Fsp3) is 0.200. The van der Waals surface area contributed by atoms with Crippen LogP contribution < -0.4 is 20.1 Å². The summed E-state index contributed by atoms with van der Waals surface area (Å²) in [5.41, 5.74) is 2.23. The van der Waals surface area contributed by atoms with Gasteiger partial charge in [-0.3, -0.25) is 4.67 Å². The van der Waals surface area contributed by atoms with Crippen molar-refractivity contribution in [3.05, 3.63) is 120 Å². The average Bonchev–Trinajstić information content (AvgIpc) is 2.92. The standard InChI is InChI=1S/C30H32NO4P/c1-31(2)36(29-19-11-9-17-27(29)34-23-32-21-25-13-5-3-6-14-25)30-20-12-10-18-28(30)35-24-33-22-26-15-7-4-8-16-26/h3-20H,21-24H2,1-2H3. The van der Waals surface area contributed by atoms with Crippen molar-refractivity contribution < 1.29 is 18.9 Å². The van der Waals surface area contributed by atoms with E-state index in [9.17, 15) is 0 Å². The van der Waals surface area contributed by atoms with Crippen LogP contribution in [0.4, 0.5) is 0 Å². The van der Waals surface area contributed by atoms with Crippen molar-refractivity contribution in [2.75, 3.05) is 27.7 Å². The molecule has 36 heavy (non-hydrogen) atoms. The Labute approximate surface area is 215 Å². The van der Waals surface area contributed by atoms with Crippen LogP contribution in [0.25, 0.3) is 0 Å². The molecule has 0 radical (unpaired) electrons. The largest absolute Gasteiger partial charge is 0.467 e. The molecule has 0 saturated heterocycles. The second-order valence-electron chi connectivity index (χ2n) is 8.29. The molecule has 186 valence electrons. The van der Waals surface area contributed by atoms with Gasteiger partial charge in [0, 0.05) is 18.7 Å². The molecule has 0 N–H and O–H groups in total. The molecule has 0 aliphatic carbocycles. The first kappa shape index (κ1) is 25.9. The molecule has 0 spiro atoms. The number of hydrogen-bond acceptors (Lipinski definition) is 5. The van der Waals surface area contributed by atoms with E-state index in [1.807, 2.05) is 97.1 Å². The van der Waals surface area contributed by atoms with Gasteiger partial charge in [0.2, 0.25) is 0 Å². The van der Waals surface area contributed by atoms with E-state index < -0.39 is 8.07 Å². The number of para-hydroxylation sites is 2. The van der Waals surface area contributed by atoms with Crippen LogP contribution in [-0.4, -0.2) is 32.4 Å². The summed E-state index contributed by atoms with van der Waals surface area (Å²) in [5, 5.41) is 2.20. The Hall–Kier alpha value is -3.21. The van der Waals surface area contributed by atoms with E-state index in [1.165, 1.54) is 0 Å². The first-order chi connectivity index (χ1) is 17.7. The fourth-order valence-corrected chi connectivity index (χ4v) is 6.02. The summed E-state index contributed by atoms with van der Waals surface area (Å²) in [6, 6.07) is 36.4. The quantitative estimate of drug-likeness (QED) is 0.134.